The van der Waals surface area contributed by atoms with Gasteiger partial charge in [-0.3, -0.25) is 10.1 Å². The Labute approximate surface area is 111 Å². The van der Waals surface area contributed by atoms with Crippen LogP contribution in [0.15, 0.2) is 16.7 Å². The maximum Gasteiger partial charge on any atom is 0.328 e. The molecule has 0 bridgehead atoms. The normalized spacial score (nSPS) is 13.4. The molecule has 1 aromatic carbocycles. The molecule has 0 unspecified atom stereocenters. The molecule has 0 aliphatic heterocycles. The van der Waals surface area contributed by atoms with E-state index in [1.807, 2.05) is 12.1 Å². The molecule has 1 aliphatic carbocycles. The van der Waals surface area contributed by atoms with Crippen LogP contribution in [0.25, 0.3) is 0 Å². The molecule has 1 aromatic heterocycles. The molecule has 1 amide bonds. The van der Waals surface area contributed by atoms with Crippen molar-refractivity contribution in [2.45, 2.75) is 33.1 Å². The van der Waals surface area contributed by atoms with E-state index in [0.717, 1.165) is 24.8 Å². The van der Waals surface area contributed by atoms with E-state index >= 15 is 0 Å². The van der Waals surface area contributed by atoms with Crippen molar-refractivity contribution < 1.29 is 9.32 Å². The topological polar surface area (TPSA) is 68.0 Å². The molecule has 5 heteroatoms. The molecule has 0 atom stereocenters. The Morgan fingerprint density at radius 2 is 2.05 bits per heavy atom. The maximum absolute atomic E-state index is 12.3. The fourth-order valence-corrected chi connectivity index (χ4v) is 2.61. The number of nitrogens with one attached hydrogen (secondary N) is 1. The third-order valence-corrected chi connectivity index (χ3v) is 3.51. The molecule has 98 valence electrons. The zero-order valence-electron chi connectivity index (χ0n) is 11.0. The van der Waals surface area contributed by atoms with E-state index in [0.29, 0.717) is 11.4 Å². The molecule has 19 heavy (non-hydrogen) atoms. The van der Waals surface area contributed by atoms with E-state index in [-0.39, 0.29) is 11.9 Å². The van der Waals surface area contributed by atoms with Gasteiger partial charge in [0.1, 0.15) is 0 Å². The van der Waals surface area contributed by atoms with Gasteiger partial charge < -0.3 is 4.52 Å². The molecule has 3 rings (SSSR count). The van der Waals surface area contributed by atoms with Crippen LogP contribution in [-0.4, -0.2) is 16.0 Å². The Balaban J connectivity index is 1.90. The van der Waals surface area contributed by atoms with Crippen LogP contribution in [0.4, 0.5) is 6.01 Å². The third kappa shape index (κ3) is 2.12. The second kappa shape index (κ2) is 4.50. The standard InChI is InChI=1S/C14H15N3O2/c1-8-6-7-12(11-5-3-4-10(8)11)13(18)16-14-15-9(2)17-19-14/h6-7H,3-5H2,1-2H3,(H,15,16,17,18). The molecule has 1 heterocycles. The number of benzene rings is 1. The number of hydrogen-bond donors (Lipinski definition) is 1. The molecular weight excluding hydrogens is 242 g/mol. The van der Waals surface area contributed by atoms with E-state index in [2.05, 4.69) is 22.4 Å². The van der Waals surface area contributed by atoms with Crippen LogP contribution in [0.1, 0.15) is 39.3 Å². The fourth-order valence-electron chi connectivity index (χ4n) is 2.61. The molecule has 1 N–H and O–H groups in total. The van der Waals surface area contributed by atoms with Crippen molar-refractivity contribution in [2.75, 3.05) is 5.32 Å². The number of anilines is 1. The monoisotopic (exact) mass is 257 g/mol. The number of carbonyl (C=O) groups excluding carboxylic acids is 1. The lowest BCUT2D eigenvalue weighted by molar-refractivity contribution is 0.102. The predicted octanol–water partition coefficient (Wildman–Crippen LogP) is 2.43. The minimum Gasteiger partial charge on any atom is -0.315 e. The Hall–Kier alpha value is -2.17. The smallest absolute Gasteiger partial charge is 0.315 e. The van der Waals surface area contributed by atoms with Crippen molar-refractivity contribution in [3.8, 4) is 0 Å². The summed E-state index contributed by atoms with van der Waals surface area (Å²) < 4.78 is 4.91. The summed E-state index contributed by atoms with van der Waals surface area (Å²) in [4.78, 5) is 16.2. The van der Waals surface area contributed by atoms with Gasteiger partial charge in [0.05, 0.1) is 0 Å². The summed E-state index contributed by atoms with van der Waals surface area (Å²) in [6.45, 7) is 3.80. The van der Waals surface area contributed by atoms with Crippen LogP contribution in [0.5, 0.6) is 0 Å². The van der Waals surface area contributed by atoms with Crippen LogP contribution < -0.4 is 5.32 Å². The van der Waals surface area contributed by atoms with Crippen molar-refractivity contribution in [1.29, 1.82) is 0 Å². The van der Waals surface area contributed by atoms with Gasteiger partial charge >= 0.3 is 6.01 Å². The van der Waals surface area contributed by atoms with E-state index in [9.17, 15) is 4.79 Å². The average Bonchev–Trinajstić information content (AvgIpc) is 2.99. The molecule has 2 aromatic rings. The van der Waals surface area contributed by atoms with Crippen LogP contribution in [0.3, 0.4) is 0 Å². The summed E-state index contributed by atoms with van der Waals surface area (Å²) in [5.41, 5.74) is 4.45. The highest BCUT2D eigenvalue weighted by Crippen LogP contribution is 2.28. The minimum atomic E-state index is -0.179. The quantitative estimate of drug-likeness (QED) is 0.897. The summed E-state index contributed by atoms with van der Waals surface area (Å²) in [7, 11) is 0. The van der Waals surface area contributed by atoms with Crippen molar-refractivity contribution in [2.24, 2.45) is 0 Å². The second-order valence-electron chi connectivity index (χ2n) is 4.84. The van der Waals surface area contributed by atoms with Gasteiger partial charge in [-0.15, -0.1) is 0 Å². The van der Waals surface area contributed by atoms with Gasteiger partial charge in [0.15, 0.2) is 5.82 Å². The Morgan fingerprint density at radius 1 is 1.26 bits per heavy atom. The zero-order chi connectivity index (χ0) is 13.4. The van der Waals surface area contributed by atoms with Gasteiger partial charge in [0.25, 0.3) is 5.91 Å². The summed E-state index contributed by atoms with van der Waals surface area (Å²) >= 11 is 0. The van der Waals surface area contributed by atoms with E-state index in [4.69, 9.17) is 4.52 Å². The lowest BCUT2D eigenvalue weighted by Crippen LogP contribution is -2.14. The molecular formula is C14H15N3O2. The Morgan fingerprint density at radius 3 is 2.79 bits per heavy atom. The van der Waals surface area contributed by atoms with Crippen LogP contribution >= 0.6 is 0 Å². The summed E-state index contributed by atoms with van der Waals surface area (Å²) in [6.07, 6.45) is 3.13. The molecule has 0 saturated heterocycles. The highest BCUT2D eigenvalue weighted by molar-refractivity contribution is 6.04. The van der Waals surface area contributed by atoms with Crippen molar-refractivity contribution in [3.05, 3.63) is 40.2 Å². The lowest BCUT2D eigenvalue weighted by atomic mass is 9.98. The SMILES string of the molecule is Cc1noc(NC(=O)c2ccc(C)c3c2CCC3)n1. The molecule has 1 aliphatic rings. The number of aryl methyl sites for hydroxylation is 2. The Bertz CT molecular complexity index is 646. The van der Waals surface area contributed by atoms with Gasteiger partial charge in [0.2, 0.25) is 0 Å². The van der Waals surface area contributed by atoms with E-state index in [1.54, 1.807) is 6.92 Å². The molecule has 0 saturated carbocycles. The van der Waals surface area contributed by atoms with Gasteiger partial charge in [-0.05, 0) is 55.9 Å². The van der Waals surface area contributed by atoms with Gasteiger partial charge in [0, 0.05) is 5.56 Å². The second-order valence-corrected chi connectivity index (χ2v) is 4.84. The van der Waals surface area contributed by atoms with E-state index < -0.39 is 0 Å². The van der Waals surface area contributed by atoms with Crippen molar-refractivity contribution in [1.82, 2.24) is 10.1 Å². The average molecular weight is 257 g/mol. The molecule has 0 radical (unpaired) electrons. The Kier molecular flexibility index (Phi) is 2.81. The number of fused-ring (bicyclic) bond motifs is 1. The van der Waals surface area contributed by atoms with Crippen LogP contribution in [-0.2, 0) is 12.8 Å². The number of nitrogens with zero attached hydrogens (tertiary/aromatic N) is 2. The number of hydrogen-bond acceptors (Lipinski definition) is 4. The number of aromatic nitrogens is 2. The van der Waals surface area contributed by atoms with E-state index in [1.165, 1.54) is 11.1 Å². The van der Waals surface area contributed by atoms with Gasteiger partial charge in [-0.1, -0.05) is 11.2 Å². The highest BCUT2D eigenvalue weighted by Gasteiger charge is 2.21. The predicted molar refractivity (Wildman–Crippen MR) is 70.2 cm³/mol. The number of rotatable bonds is 2. The third-order valence-electron chi connectivity index (χ3n) is 3.51. The first-order valence-corrected chi connectivity index (χ1v) is 6.38. The van der Waals surface area contributed by atoms with Crippen molar-refractivity contribution >= 4 is 11.9 Å². The first-order valence-electron chi connectivity index (χ1n) is 6.38. The molecule has 5 nitrogen and oxygen atoms in total. The lowest BCUT2D eigenvalue weighted by Gasteiger charge is -2.09. The molecule has 0 fully saturated rings. The first-order chi connectivity index (χ1) is 9.15. The van der Waals surface area contributed by atoms with Crippen LogP contribution in [0.2, 0.25) is 0 Å². The van der Waals surface area contributed by atoms with Gasteiger partial charge in [-0.25, -0.2) is 0 Å². The first kappa shape index (κ1) is 11.9. The highest BCUT2D eigenvalue weighted by atomic mass is 16.5. The summed E-state index contributed by atoms with van der Waals surface area (Å²) in [6, 6.07) is 4.02. The molecule has 0 spiro atoms. The maximum atomic E-state index is 12.3. The summed E-state index contributed by atoms with van der Waals surface area (Å²) in [5.74, 6) is 0.325. The minimum absolute atomic E-state index is 0.148. The zero-order valence-corrected chi connectivity index (χ0v) is 11.0. The fraction of sp³-hybridized carbons (Fsp3) is 0.357. The van der Waals surface area contributed by atoms with Gasteiger partial charge in [-0.2, -0.15) is 4.98 Å². The number of carbonyl (C=O) groups is 1. The van der Waals surface area contributed by atoms with Crippen LogP contribution in [0, 0.1) is 13.8 Å². The van der Waals surface area contributed by atoms with Crippen molar-refractivity contribution in [3.63, 3.8) is 0 Å². The largest absolute Gasteiger partial charge is 0.328 e. The summed E-state index contributed by atoms with van der Waals surface area (Å²) in [5, 5.41) is 6.30. The number of amides is 1.